The number of nitrogens with zero attached hydrogens (tertiary/aromatic N) is 4. The average molecular weight is 552 g/mol. The molecule has 182 valence electrons. The lowest BCUT2D eigenvalue weighted by atomic mass is 10.0. The molecule has 1 unspecified atom stereocenters. The molecule has 0 saturated carbocycles. The zero-order chi connectivity index (χ0) is 24.9. The fraction of sp³-hybridized carbons (Fsp3) is 0.300. The predicted octanol–water partition coefficient (Wildman–Crippen LogP) is 5.20. The molecule has 0 bridgehead atoms. The first-order chi connectivity index (χ1) is 16.1. The van der Waals surface area contributed by atoms with Crippen LogP contribution in [0.25, 0.3) is 0 Å². The van der Waals surface area contributed by atoms with Gasteiger partial charge in [0.1, 0.15) is 31.4 Å². The lowest BCUT2D eigenvalue weighted by Crippen LogP contribution is -2.35. The van der Waals surface area contributed by atoms with Crippen LogP contribution < -0.4 is 0 Å². The van der Waals surface area contributed by atoms with Crippen LogP contribution in [0.3, 0.4) is 0 Å². The van der Waals surface area contributed by atoms with Gasteiger partial charge in [0.2, 0.25) is 5.79 Å². The van der Waals surface area contributed by atoms with Gasteiger partial charge in [-0.2, -0.15) is 5.10 Å². The number of methoxy groups -OCH3 is 1. The molecule has 2 aromatic carbocycles. The van der Waals surface area contributed by atoms with Crippen LogP contribution in [0.2, 0.25) is 20.1 Å². The Balaban J connectivity index is 0.000000751. The number of rotatable bonds is 6. The van der Waals surface area contributed by atoms with Crippen LogP contribution in [0.5, 0.6) is 0 Å². The summed E-state index contributed by atoms with van der Waals surface area (Å²) < 4.78 is 20.0. The number of halogens is 4. The molecule has 14 heteroatoms. The second kappa shape index (κ2) is 11.5. The lowest BCUT2D eigenvalue weighted by molar-refractivity contribution is -0.742. The molecule has 1 aliphatic rings. The highest BCUT2D eigenvalue weighted by atomic mass is 35.5. The van der Waals surface area contributed by atoms with Crippen LogP contribution in [0.1, 0.15) is 17.2 Å². The summed E-state index contributed by atoms with van der Waals surface area (Å²) in [4.78, 5) is 12.4. The number of benzene rings is 2. The van der Waals surface area contributed by atoms with E-state index in [1.807, 2.05) is 6.07 Å². The molecule has 4 rings (SSSR count). The summed E-state index contributed by atoms with van der Waals surface area (Å²) in [6, 6.07) is 10.4. The number of ether oxygens (including phenoxy) is 3. The molecule has 0 aliphatic carbocycles. The summed E-state index contributed by atoms with van der Waals surface area (Å²) in [7, 11) is 1.59. The molecule has 3 atom stereocenters. The second-order valence-electron chi connectivity index (χ2n) is 7.00. The smallest absolute Gasteiger partial charge is 0.291 e. The van der Waals surface area contributed by atoms with Gasteiger partial charge in [-0.1, -0.05) is 58.5 Å². The first-order valence-corrected chi connectivity index (χ1v) is 11.1. The van der Waals surface area contributed by atoms with Crippen molar-refractivity contribution in [3.05, 3.63) is 90.4 Å². The standard InChI is InChI=1S/C20H17Cl4N3O3.HNO3/c1-28-19(14-4-2-12(21)6-16(14)23)18-8-29-20(30-18,9-27-11-25-10-26-27)15-5-3-13(22)7-17(15)24;2-1(3)4/h2-7,10-11,18-19H,8-9H2,1H3;(H,2,3,4)/t18-,19?,20+;/m0./s1. The molecule has 1 aliphatic heterocycles. The van der Waals surface area contributed by atoms with Crippen molar-refractivity contribution in [3.8, 4) is 0 Å². The first-order valence-electron chi connectivity index (χ1n) is 9.56. The van der Waals surface area contributed by atoms with Crippen molar-refractivity contribution >= 4 is 46.4 Å². The second-order valence-corrected chi connectivity index (χ2v) is 8.68. The Labute approximate surface area is 214 Å². The lowest BCUT2D eigenvalue weighted by Gasteiger charge is -2.30. The normalized spacial score (nSPS) is 20.4. The van der Waals surface area contributed by atoms with Crippen LogP contribution in [0, 0.1) is 10.1 Å². The van der Waals surface area contributed by atoms with Crippen molar-refractivity contribution in [1.29, 1.82) is 0 Å². The number of hydrogen-bond donors (Lipinski definition) is 1. The minimum atomic E-state index is -1.50. The molecule has 1 N–H and O–H groups in total. The number of hydrogen-bond acceptors (Lipinski definition) is 7. The van der Waals surface area contributed by atoms with Gasteiger partial charge in [-0.3, -0.25) is 0 Å². The van der Waals surface area contributed by atoms with Crippen LogP contribution >= 0.6 is 46.4 Å². The Morgan fingerprint density at radius 1 is 1.24 bits per heavy atom. The first kappa shape index (κ1) is 26.4. The minimum absolute atomic E-state index is 0.232. The highest BCUT2D eigenvalue weighted by Crippen LogP contribution is 2.44. The fourth-order valence-corrected chi connectivity index (χ4v) is 4.59. The Kier molecular flexibility index (Phi) is 8.94. The van der Waals surface area contributed by atoms with E-state index in [2.05, 4.69) is 10.1 Å². The topological polar surface area (TPSA) is 122 Å². The Hall–Kier alpha value is -2.18. The maximum absolute atomic E-state index is 8.36. The molecular weight excluding hydrogens is 534 g/mol. The van der Waals surface area contributed by atoms with Gasteiger partial charge < -0.3 is 19.4 Å². The van der Waals surface area contributed by atoms with Crippen molar-refractivity contribution in [1.82, 2.24) is 14.8 Å². The molecule has 0 radical (unpaired) electrons. The van der Waals surface area contributed by atoms with Crippen molar-refractivity contribution < 1.29 is 24.5 Å². The summed E-state index contributed by atoms with van der Waals surface area (Å²) in [6.07, 6.45) is 2.06. The van der Waals surface area contributed by atoms with Gasteiger partial charge in [-0.25, -0.2) is 9.67 Å². The Bertz CT molecular complexity index is 1130. The van der Waals surface area contributed by atoms with Gasteiger partial charge in [0.05, 0.1) is 11.6 Å². The average Bonchev–Trinajstić information content (AvgIpc) is 3.41. The largest absolute Gasteiger partial charge is 0.374 e. The Morgan fingerprint density at radius 2 is 1.88 bits per heavy atom. The van der Waals surface area contributed by atoms with Crippen LogP contribution in [0.4, 0.5) is 0 Å². The molecule has 1 saturated heterocycles. The SMILES string of the molecule is COC(c1ccc(Cl)cc1Cl)[C@@H]1CO[C@@](Cn2cncn2)(c2ccc(Cl)cc2Cl)O1.O=[N+]([O-])O. The zero-order valence-electron chi connectivity index (χ0n) is 17.5. The summed E-state index contributed by atoms with van der Waals surface area (Å²) in [5, 5.41) is 19.8. The molecule has 1 aromatic heterocycles. The van der Waals surface area contributed by atoms with E-state index in [-0.39, 0.29) is 13.2 Å². The van der Waals surface area contributed by atoms with Gasteiger partial charge in [-0.05, 0) is 24.3 Å². The van der Waals surface area contributed by atoms with Gasteiger partial charge >= 0.3 is 0 Å². The van der Waals surface area contributed by atoms with Gasteiger partial charge in [0.25, 0.3) is 5.09 Å². The van der Waals surface area contributed by atoms with Crippen LogP contribution in [-0.2, 0) is 26.5 Å². The van der Waals surface area contributed by atoms with Gasteiger partial charge in [-0.15, -0.1) is 10.1 Å². The van der Waals surface area contributed by atoms with Gasteiger partial charge in [0, 0.05) is 33.3 Å². The fourth-order valence-electron chi connectivity index (χ4n) is 3.53. The monoisotopic (exact) mass is 550 g/mol. The van der Waals surface area contributed by atoms with Crippen molar-refractivity contribution in [2.75, 3.05) is 13.7 Å². The molecular formula is C20H18Cl4N4O6. The van der Waals surface area contributed by atoms with Crippen molar-refractivity contribution in [2.24, 2.45) is 0 Å². The van der Waals surface area contributed by atoms with Crippen molar-refractivity contribution in [2.45, 2.75) is 24.5 Å². The third-order valence-electron chi connectivity index (χ3n) is 4.86. The van der Waals surface area contributed by atoms with E-state index >= 15 is 0 Å². The van der Waals surface area contributed by atoms with E-state index in [1.54, 1.807) is 48.5 Å². The summed E-state index contributed by atoms with van der Waals surface area (Å²) >= 11 is 25.0. The Morgan fingerprint density at radius 3 is 2.44 bits per heavy atom. The molecule has 34 heavy (non-hydrogen) atoms. The molecule has 10 nitrogen and oxygen atoms in total. The van der Waals surface area contributed by atoms with Crippen molar-refractivity contribution in [3.63, 3.8) is 0 Å². The van der Waals surface area contributed by atoms with E-state index < -0.39 is 23.1 Å². The minimum Gasteiger partial charge on any atom is -0.374 e. The highest BCUT2D eigenvalue weighted by molar-refractivity contribution is 6.35. The maximum Gasteiger partial charge on any atom is 0.291 e. The third-order valence-corrected chi connectivity index (χ3v) is 5.97. The molecule has 2 heterocycles. The third kappa shape index (κ3) is 6.28. The van der Waals surface area contributed by atoms with E-state index in [0.717, 1.165) is 5.56 Å². The summed E-state index contributed by atoms with van der Waals surface area (Å²) in [6.45, 7) is 0.473. The van der Waals surface area contributed by atoms with E-state index in [0.29, 0.717) is 25.7 Å². The number of aromatic nitrogens is 3. The summed E-state index contributed by atoms with van der Waals surface area (Å²) in [5.41, 5.74) is 1.37. The van der Waals surface area contributed by atoms with E-state index in [1.165, 1.54) is 6.33 Å². The maximum atomic E-state index is 8.36. The van der Waals surface area contributed by atoms with Crippen LogP contribution in [0.15, 0.2) is 49.1 Å². The van der Waals surface area contributed by atoms with E-state index in [4.69, 9.17) is 75.9 Å². The van der Waals surface area contributed by atoms with Gasteiger partial charge in [0.15, 0.2) is 0 Å². The molecule has 3 aromatic rings. The summed E-state index contributed by atoms with van der Waals surface area (Å²) in [5.74, 6) is -1.21. The quantitative estimate of drug-likeness (QED) is 0.327. The molecule has 0 amide bonds. The molecule has 1 fully saturated rings. The predicted molar refractivity (Wildman–Crippen MR) is 124 cm³/mol. The van der Waals surface area contributed by atoms with Crippen LogP contribution in [-0.4, -0.2) is 44.9 Å². The highest BCUT2D eigenvalue weighted by Gasteiger charge is 2.48. The molecule has 0 spiro atoms. The zero-order valence-corrected chi connectivity index (χ0v) is 20.5. The van der Waals surface area contributed by atoms with E-state index in [9.17, 15) is 0 Å².